The number of urea groups is 1. The molecular formula is C28H37N5O2. The van der Waals surface area contributed by atoms with Gasteiger partial charge in [0.25, 0.3) is 0 Å². The molecule has 2 aromatic rings. The minimum absolute atomic E-state index is 0.0296. The third-order valence-electron chi connectivity index (χ3n) is 7.29. The van der Waals surface area contributed by atoms with Crippen molar-refractivity contribution in [2.75, 3.05) is 51.3 Å². The average Bonchev–Trinajstić information content (AvgIpc) is 2.89. The lowest BCUT2D eigenvalue weighted by atomic mass is 9.93. The molecule has 1 N–H and O–H groups in total. The minimum atomic E-state index is 0.0296. The summed E-state index contributed by atoms with van der Waals surface area (Å²) < 4.78 is 5.35. The van der Waals surface area contributed by atoms with Crippen molar-refractivity contribution in [3.8, 4) is 11.8 Å². The van der Waals surface area contributed by atoms with Gasteiger partial charge in [-0.2, -0.15) is 5.26 Å². The van der Waals surface area contributed by atoms with Crippen molar-refractivity contribution in [3.63, 3.8) is 0 Å². The summed E-state index contributed by atoms with van der Waals surface area (Å²) in [7, 11) is 1.61. The molecule has 7 nitrogen and oxygen atoms in total. The summed E-state index contributed by atoms with van der Waals surface area (Å²) in [6, 6.07) is 18.6. The van der Waals surface area contributed by atoms with E-state index in [2.05, 4.69) is 58.4 Å². The first-order valence-electron chi connectivity index (χ1n) is 12.7. The number of hydrogen-bond donors (Lipinski definition) is 1. The van der Waals surface area contributed by atoms with Gasteiger partial charge in [0.2, 0.25) is 0 Å². The molecule has 0 aromatic heterocycles. The maximum atomic E-state index is 12.9. The first kappa shape index (κ1) is 24.9. The predicted octanol–water partition coefficient (Wildman–Crippen LogP) is 4.09. The first-order valence-corrected chi connectivity index (χ1v) is 12.7. The Balaban J connectivity index is 1.18. The van der Waals surface area contributed by atoms with Crippen LogP contribution in [0.4, 0.5) is 10.5 Å². The van der Waals surface area contributed by atoms with E-state index in [1.54, 1.807) is 13.2 Å². The van der Waals surface area contributed by atoms with Gasteiger partial charge >= 0.3 is 6.03 Å². The van der Waals surface area contributed by atoms with Crippen LogP contribution in [0.3, 0.4) is 0 Å². The van der Waals surface area contributed by atoms with E-state index in [1.165, 1.54) is 18.4 Å². The molecule has 4 rings (SSSR count). The van der Waals surface area contributed by atoms with Crippen LogP contribution in [0.5, 0.6) is 5.75 Å². The number of rotatable bonds is 7. The number of hydrogen-bond acceptors (Lipinski definition) is 5. The van der Waals surface area contributed by atoms with Gasteiger partial charge in [-0.05, 0) is 62.9 Å². The molecule has 2 amide bonds. The number of ether oxygens (including phenoxy) is 1. The summed E-state index contributed by atoms with van der Waals surface area (Å²) in [6.07, 6.45) is 3.44. The predicted molar refractivity (Wildman–Crippen MR) is 139 cm³/mol. The van der Waals surface area contributed by atoms with Crippen LogP contribution >= 0.6 is 0 Å². The number of nitrogens with one attached hydrogen (secondary N) is 1. The Morgan fingerprint density at radius 2 is 1.89 bits per heavy atom. The average molecular weight is 476 g/mol. The number of piperidine rings is 1. The molecule has 0 bridgehead atoms. The van der Waals surface area contributed by atoms with Gasteiger partial charge in [-0.25, -0.2) is 4.79 Å². The van der Waals surface area contributed by atoms with Crippen LogP contribution in [0, 0.1) is 17.2 Å². The molecule has 2 aliphatic heterocycles. The molecule has 0 saturated carbocycles. The summed E-state index contributed by atoms with van der Waals surface area (Å²) >= 11 is 0. The van der Waals surface area contributed by atoms with Crippen molar-refractivity contribution in [1.29, 1.82) is 5.26 Å². The largest absolute Gasteiger partial charge is 0.497 e. The van der Waals surface area contributed by atoms with Gasteiger partial charge in [0, 0.05) is 50.5 Å². The van der Waals surface area contributed by atoms with Crippen molar-refractivity contribution in [3.05, 3.63) is 59.7 Å². The number of methoxy groups -OCH3 is 1. The molecule has 35 heavy (non-hydrogen) atoms. The lowest BCUT2D eigenvalue weighted by molar-refractivity contribution is 0.162. The zero-order valence-electron chi connectivity index (χ0n) is 20.9. The SMILES string of the molecule is COc1cc(C#N)cc(N2CCN(C(=O)NCCC3CCN(Cc4ccccc4)CC3)[C@H](C)C2)c1. The van der Waals surface area contributed by atoms with E-state index in [0.29, 0.717) is 23.8 Å². The Labute approximate surface area is 209 Å². The molecule has 2 fully saturated rings. The van der Waals surface area contributed by atoms with Crippen molar-refractivity contribution in [2.24, 2.45) is 5.92 Å². The second-order valence-corrected chi connectivity index (χ2v) is 9.75. The Hall–Kier alpha value is -3.24. The van der Waals surface area contributed by atoms with E-state index in [0.717, 1.165) is 51.4 Å². The number of nitrogens with zero attached hydrogens (tertiary/aromatic N) is 4. The van der Waals surface area contributed by atoms with Crippen LogP contribution in [0.2, 0.25) is 0 Å². The molecule has 2 saturated heterocycles. The fourth-order valence-corrected chi connectivity index (χ4v) is 5.20. The smallest absolute Gasteiger partial charge is 0.317 e. The normalized spacial score (nSPS) is 19.3. The molecule has 0 spiro atoms. The molecular weight excluding hydrogens is 438 g/mol. The zero-order valence-corrected chi connectivity index (χ0v) is 20.9. The van der Waals surface area contributed by atoms with Gasteiger partial charge in [0.15, 0.2) is 0 Å². The van der Waals surface area contributed by atoms with Gasteiger partial charge in [0.05, 0.1) is 18.7 Å². The number of anilines is 1. The quantitative estimate of drug-likeness (QED) is 0.653. The standard InChI is InChI=1S/C28H37N5O2/c1-22-20-32(26-16-25(19-29)17-27(18-26)35-2)14-15-33(22)28(34)30-11-8-23-9-12-31(13-10-23)21-24-6-4-3-5-7-24/h3-7,16-18,22-23H,8-15,20-21H2,1-2H3,(H,30,34)/t22-/m1/s1. The molecule has 2 aliphatic rings. The van der Waals surface area contributed by atoms with E-state index < -0.39 is 0 Å². The Bertz CT molecular complexity index is 1010. The number of carbonyl (C=O) groups excluding carboxylic acids is 1. The molecule has 2 aromatic carbocycles. The molecule has 0 radical (unpaired) electrons. The number of nitriles is 1. The third kappa shape index (κ3) is 6.67. The number of likely N-dealkylation sites (tertiary alicyclic amines) is 1. The third-order valence-corrected chi connectivity index (χ3v) is 7.29. The Morgan fingerprint density at radius 3 is 2.57 bits per heavy atom. The zero-order chi connectivity index (χ0) is 24.6. The van der Waals surface area contributed by atoms with Crippen LogP contribution in [-0.2, 0) is 6.54 Å². The van der Waals surface area contributed by atoms with E-state index >= 15 is 0 Å². The molecule has 186 valence electrons. The summed E-state index contributed by atoms with van der Waals surface area (Å²) in [6.45, 7) is 8.22. The second kappa shape index (κ2) is 11.9. The van der Waals surface area contributed by atoms with Gasteiger partial charge in [-0.1, -0.05) is 30.3 Å². The summed E-state index contributed by atoms with van der Waals surface area (Å²) in [5.41, 5.74) is 2.92. The highest BCUT2D eigenvalue weighted by Crippen LogP contribution is 2.26. The highest BCUT2D eigenvalue weighted by molar-refractivity contribution is 5.75. The van der Waals surface area contributed by atoms with Gasteiger partial charge in [-0.3, -0.25) is 4.90 Å². The number of benzene rings is 2. The van der Waals surface area contributed by atoms with E-state index in [4.69, 9.17) is 4.74 Å². The fraction of sp³-hybridized carbons (Fsp3) is 0.500. The molecule has 0 unspecified atom stereocenters. The van der Waals surface area contributed by atoms with Gasteiger partial charge in [-0.15, -0.1) is 0 Å². The van der Waals surface area contributed by atoms with Crippen molar-refractivity contribution >= 4 is 11.7 Å². The Kier molecular flexibility index (Phi) is 8.49. The number of piperazine rings is 1. The Morgan fingerprint density at radius 1 is 1.11 bits per heavy atom. The van der Waals surface area contributed by atoms with Crippen LogP contribution in [0.1, 0.15) is 37.3 Å². The maximum Gasteiger partial charge on any atom is 0.317 e. The van der Waals surface area contributed by atoms with E-state index in [9.17, 15) is 10.1 Å². The monoisotopic (exact) mass is 475 g/mol. The summed E-state index contributed by atoms with van der Waals surface area (Å²) in [5.74, 6) is 1.36. The lowest BCUT2D eigenvalue weighted by Crippen LogP contribution is -2.56. The van der Waals surface area contributed by atoms with Crippen LogP contribution in [-0.4, -0.2) is 68.3 Å². The van der Waals surface area contributed by atoms with Crippen LogP contribution in [0.15, 0.2) is 48.5 Å². The van der Waals surface area contributed by atoms with Crippen LogP contribution in [0.25, 0.3) is 0 Å². The van der Waals surface area contributed by atoms with Crippen molar-refractivity contribution in [1.82, 2.24) is 15.1 Å². The maximum absolute atomic E-state index is 12.9. The summed E-state index contributed by atoms with van der Waals surface area (Å²) in [5, 5.41) is 12.5. The van der Waals surface area contributed by atoms with Gasteiger partial charge in [0.1, 0.15) is 5.75 Å². The molecule has 2 heterocycles. The number of amides is 2. The fourth-order valence-electron chi connectivity index (χ4n) is 5.20. The van der Waals surface area contributed by atoms with Crippen molar-refractivity contribution < 1.29 is 9.53 Å². The van der Waals surface area contributed by atoms with Crippen molar-refractivity contribution in [2.45, 2.75) is 38.8 Å². The highest BCUT2D eigenvalue weighted by Gasteiger charge is 2.28. The lowest BCUT2D eigenvalue weighted by Gasteiger charge is -2.41. The van der Waals surface area contributed by atoms with E-state index in [1.807, 2.05) is 17.0 Å². The second-order valence-electron chi connectivity index (χ2n) is 9.75. The van der Waals surface area contributed by atoms with Gasteiger partial charge < -0.3 is 19.9 Å². The number of carbonyl (C=O) groups is 1. The topological polar surface area (TPSA) is 71.8 Å². The van der Waals surface area contributed by atoms with E-state index in [-0.39, 0.29) is 12.1 Å². The summed E-state index contributed by atoms with van der Waals surface area (Å²) in [4.78, 5) is 19.6. The minimum Gasteiger partial charge on any atom is -0.497 e. The molecule has 7 heteroatoms. The van der Waals surface area contributed by atoms with Crippen LogP contribution < -0.4 is 15.0 Å². The highest BCUT2D eigenvalue weighted by atomic mass is 16.5. The molecule has 0 aliphatic carbocycles. The molecule has 1 atom stereocenters. The first-order chi connectivity index (χ1) is 17.1.